The Morgan fingerprint density at radius 3 is 0.705 bits per heavy atom. The number of alkyl halides is 4. The van der Waals surface area contributed by atoms with Crippen molar-refractivity contribution in [1.82, 2.24) is 39.9 Å². The second-order valence-electron chi connectivity index (χ2n) is 33.9. The number of fused-ring (bicyclic) bond motifs is 12. The number of hydrogen-bond acceptors (Lipinski definition) is 16. The van der Waals surface area contributed by atoms with E-state index >= 15 is 17.6 Å². The van der Waals surface area contributed by atoms with Gasteiger partial charge in [-0.25, -0.2) is 19.2 Å². The molecule has 0 atom stereocenters. The molecule has 16 aromatic rings. The minimum absolute atomic E-state index is 0. The van der Waals surface area contributed by atoms with Crippen LogP contribution < -0.4 is 0 Å². The van der Waals surface area contributed by atoms with Crippen LogP contribution in [0.2, 0.25) is 0 Å². The van der Waals surface area contributed by atoms with Crippen LogP contribution in [0.3, 0.4) is 0 Å². The van der Waals surface area contributed by atoms with E-state index in [1.807, 2.05) is 36.7 Å². The Morgan fingerprint density at radius 2 is 0.466 bits per heavy atom. The maximum absolute atomic E-state index is 15.3. The number of halogens is 4. The molecule has 0 amide bonds. The molecule has 0 saturated heterocycles. The predicted molar refractivity (Wildman–Crippen MR) is 571 cm³/mol. The van der Waals surface area contributed by atoms with Crippen molar-refractivity contribution in [3.05, 3.63) is 404 Å². The fourth-order valence-corrected chi connectivity index (χ4v) is 19.1. The van der Waals surface area contributed by atoms with E-state index in [9.17, 15) is 19.2 Å². The Kier molecular flexibility index (Phi) is 38.5. The summed E-state index contributed by atoms with van der Waals surface area (Å²) in [7, 11) is 0. The first-order valence-corrected chi connectivity index (χ1v) is 47.7. The van der Waals surface area contributed by atoms with Crippen LogP contribution in [-0.4, -0.2) is 105 Å². The molecule has 4 aliphatic rings. The van der Waals surface area contributed by atoms with Crippen LogP contribution in [0.15, 0.2) is 304 Å². The molecule has 20 nitrogen and oxygen atoms in total. The van der Waals surface area contributed by atoms with Crippen LogP contribution in [0.1, 0.15) is 190 Å². The molecule has 0 aliphatic heterocycles. The maximum atomic E-state index is 15.3. The van der Waals surface area contributed by atoms with Crippen LogP contribution in [0.4, 0.5) is 17.6 Å². The van der Waals surface area contributed by atoms with Gasteiger partial charge in [0.25, 0.3) is 11.8 Å². The number of benzene rings is 8. The molecule has 4 aliphatic carbocycles. The summed E-state index contributed by atoms with van der Waals surface area (Å²) in [6, 6.07) is 79.0. The van der Waals surface area contributed by atoms with E-state index < -0.39 is 35.7 Å². The molecule has 20 rings (SSSR count). The van der Waals surface area contributed by atoms with Gasteiger partial charge in [-0.1, -0.05) is 237 Å². The Hall–Kier alpha value is -15.0. The molecule has 4 N–H and O–H groups in total. The summed E-state index contributed by atoms with van der Waals surface area (Å²) in [4.78, 5) is 77.9. The van der Waals surface area contributed by atoms with Gasteiger partial charge < -0.3 is 42.1 Å². The second-order valence-corrected chi connectivity index (χ2v) is 34.6. The topological polar surface area (TPSA) is 342 Å². The van der Waals surface area contributed by atoms with Crippen molar-refractivity contribution in [2.45, 2.75) is 128 Å². The number of pyridine rings is 8. The first kappa shape index (κ1) is 111. The van der Waals surface area contributed by atoms with Gasteiger partial charge in [0.05, 0.1) is 67.8 Å². The summed E-state index contributed by atoms with van der Waals surface area (Å²) in [5, 5.41) is 69.3. The first-order chi connectivity index (χ1) is 69.6. The van der Waals surface area contributed by atoms with Crippen molar-refractivity contribution in [3.63, 3.8) is 0 Å². The fourth-order valence-electron chi connectivity index (χ4n) is 19.1. The average molecular weight is 2190 g/mol. The number of rotatable bonds is 22. The molecule has 0 bridgehead atoms. The number of thiocarbonyl (C=S) groups is 4. The number of isothiocyanates is 4. The molecule has 146 heavy (non-hydrogen) atoms. The minimum Gasteiger partial charge on any atom is -0.753 e. The zero-order valence-electron chi connectivity index (χ0n) is 79.6. The fraction of sp³-hybridized carbons (Fsp3) is 0.172. The number of carboxylic acids is 4. The number of unbranched alkanes of at least 4 members (excludes halogenated alkanes) is 2. The molecule has 8 aromatic heterocycles. The molecule has 0 unspecified atom stereocenters. The third-order valence-corrected chi connectivity index (χ3v) is 26.2. The summed E-state index contributed by atoms with van der Waals surface area (Å²) >= 11 is 14.8. The molecule has 30 heteroatoms. The quantitative estimate of drug-likeness (QED) is 0.0212. The largest absolute Gasteiger partial charge is 2.00 e. The molecular weight excluding hydrogens is 2100 g/mol. The summed E-state index contributed by atoms with van der Waals surface area (Å²) < 4.78 is 61.3. The molecular formula is C116H92F4N12O8Ru2S4. The molecule has 0 saturated carbocycles. The minimum atomic E-state index is -3.08. The van der Waals surface area contributed by atoms with Crippen molar-refractivity contribution in [1.29, 1.82) is 0 Å². The Labute approximate surface area is 889 Å². The molecule has 0 radical (unpaired) electrons. The van der Waals surface area contributed by atoms with Gasteiger partial charge in [-0.3, -0.25) is 39.9 Å². The number of hydrogen-bond donors (Lipinski definition) is 4. The number of aryl methyl sites for hydroxylation is 2. The molecule has 0 fully saturated rings. The average Bonchev–Trinajstić information content (AvgIpc) is 1.56. The van der Waals surface area contributed by atoms with E-state index in [1.54, 1.807) is 85.2 Å². The van der Waals surface area contributed by atoms with E-state index in [4.69, 9.17) is 52.0 Å². The summed E-state index contributed by atoms with van der Waals surface area (Å²) in [6.07, 6.45) is 24.1. The van der Waals surface area contributed by atoms with Crippen LogP contribution >= 0.6 is 48.9 Å². The van der Waals surface area contributed by atoms with Gasteiger partial charge in [0.2, 0.25) is 0 Å². The first-order valence-electron chi connectivity index (χ1n) is 46.1. The van der Waals surface area contributed by atoms with Crippen LogP contribution in [0, 0.1) is 0 Å². The van der Waals surface area contributed by atoms with Crippen molar-refractivity contribution in [2.75, 3.05) is 0 Å². The smallest absolute Gasteiger partial charge is 0.753 e. The van der Waals surface area contributed by atoms with E-state index in [2.05, 4.69) is 217 Å². The van der Waals surface area contributed by atoms with Crippen molar-refractivity contribution >= 4 is 93.4 Å². The van der Waals surface area contributed by atoms with E-state index in [0.717, 1.165) is 61.0 Å². The van der Waals surface area contributed by atoms with Crippen LogP contribution in [0.25, 0.3) is 156 Å². The SMILES string of the molecule is CCCCc1ccc2c(c1)C(CC)(CC)c1cc(-c3ccnc(-c4cc(-c5ccc6c(c5)C(CC)(CC)c5cc(CCCC)ccc5-6)ccn4)c3)ccc1-2.FC1(F)c2ccccc2-c2ccc(-c3ccnc(-c4cc(-c5ccc6c(c5)C(F)(F)c5ccccc5-6)ccn4)c3)cc21.O=C(O)c1ccnc(-c2cc(C(=O)O)ccn2)c1.O=C(O)c1ccnc(-c2cc(C(=O)O)ccn2)c1.[N-]=C=S.[N-]=C=S.[N-]=C=S.[N-]=C=S.[Ru+2].[Ru+2]. The standard InChI is InChI=1S/C52H56N2.C36H20F4N2.2C12H8N2O4.4CNS.2Ru/c1-7-13-15-35-17-21-41-43-23-19-37(31-47(43)51(9-3,10-4)45(41)29-35)39-25-27-53-49(33-39)50-34-40(26-28-54-50)38-20-24-44-42-22-18-36(16-14-8-2)30-46(42)52(11-5,12-6)48(44)32-38;37-35(38)29-7-3-1-5-25(29)27-11-9-21(17-31(27)35)23-13-15-41-33(19-23)34-20-24(14-16-42-34)22-10-12-28-26-6-2-4-8-30(26)36(39,40)32(28)18-22;2*15-11(16)7-1-3-13-9(5-7)10-6-8(12(17)18)2-4-14-10;4*2-1-3;;/h17-34H,7-16H2,1-6H3;1-20H;2*1-6H,(H,15,16)(H,17,18);;;;;;/q;;;;4*-1;2*+2. The molecule has 8 heterocycles. The van der Waals surface area contributed by atoms with Crippen LogP contribution in [-0.2, 0) is 74.5 Å². The third kappa shape index (κ3) is 24.0. The summed E-state index contributed by atoms with van der Waals surface area (Å²) in [5.41, 5.74) is 28.8. The monoisotopic (exact) mass is 2190 g/mol. The summed E-state index contributed by atoms with van der Waals surface area (Å²) in [6.45, 7) is 14.0. The second kappa shape index (κ2) is 50.5. The van der Waals surface area contributed by atoms with Crippen molar-refractivity contribution in [2.24, 2.45) is 0 Å². The van der Waals surface area contributed by atoms with Gasteiger partial charge in [0.15, 0.2) is 0 Å². The molecule has 0 spiro atoms. The van der Waals surface area contributed by atoms with Gasteiger partial charge in [-0.05, 0) is 295 Å². The van der Waals surface area contributed by atoms with Gasteiger partial charge in [0, 0.05) is 82.7 Å². The Bertz CT molecular complexity index is 7130. The van der Waals surface area contributed by atoms with Gasteiger partial charge in [0.1, 0.15) is 0 Å². The van der Waals surface area contributed by atoms with Crippen molar-refractivity contribution < 1.29 is 96.1 Å². The summed E-state index contributed by atoms with van der Waals surface area (Å²) in [5.74, 6) is -10.5. The zero-order chi connectivity index (χ0) is 103. The zero-order valence-corrected chi connectivity index (χ0v) is 86.3. The number of nitrogens with zero attached hydrogens (tertiary/aromatic N) is 12. The van der Waals surface area contributed by atoms with Crippen molar-refractivity contribution in [3.8, 4) is 135 Å². The predicted octanol–water partition coefficient (Wildman–Crippen LogP) is 29.8. The third-order valence-electron chi connectivity index (χ3n) is 26.2. The van der Waals surface area contributed by atoms with E-state index in [0.29, 0.717) is 67.5 Å². The van der Waals surface area contributed by atoms with Gasteiger partial charge in [-0.15, -0.1) is 0 Å². The van der Waals surface area contributed by atoms with E-state index in [-0.39, 0.29) is 94.3 Å². The number of aromatic carboxylic acids is 4. The normalized spacial score (nSPS) is 12.3. The van der Waals surface area contributed by atoms with Gasteiger partial charge in [-0.2, -0.15) is 38.2 Å². The number of carbonyl (C=O) groups is 4. The number of carboxylic acid groups (broad SMARTS) is 4. The molecule has 732 valence electrons. The van der Waals surface area contributed by atoms with E-state index in [1.165, 1.54) is 210 Å². The Morgan fingerprint density at radius 1 is 0.267 bits per heavy atom. The van der Waals surface area contributed by atoms with Crippen LogP contribution in [0.5, 0.6) is 0 Å². The Balaban J connectivity index is 0.000000193. The maximum Gasteiger partial charge on any atom is 2.00 e. The number of aromatic nitrogens is 8. The van der Waals surface area contributed by atoms with Gasteiger partial charge >= 0.3 is 62.8 Å². The molecule has 8 aromatic carbocycles.